The lowest BCUT2D eigenvalue weighted by atomic mass is 10.1. The number of aryl methyl sites for hydroxylation is 2. The molecule has 6 nitrogen and oxygen atoms in total. The van der Waals surface area contributed by atoms with E-state index in [4.69, 9.17) is 0 Å². The topological polar surface area (TPSA) is 67.2 Å². The summed E-state index contributed by atoms with van der Waals surface area (Å²) in [4.78, 5) is 26.0. The van der Waals surface area contributed by atoms with Gasteiger partial charge in [0.1, 0.15) is 0 Å². The first-order valence-corrected chi connectivity index (χ1v) is 8.22. The molecular weight excluding hydrogens is 304 g/mol. The van der Waals surface area contributed by atoms with Crippen LogP contribution in [-0.2, 0) is 31.2 Å². The lowest BCUT2D eigenvalue weighted by molar-refractivity contribution is -0.117. The Labute approximate surface area is 141 Å². The lowest BCUT2D eigenvalue weighted by Crippen LogP contribution is -2.38. The van der Waals surface area contributed by atoms with E-state index in [2.05, 4.69) is 17.3 Å². The number of hydrogen-bond acceptors (Lipinski definition) is 4. The molecule has 1 aliphatic heterocycles. The van der Waals surface area contributed by atoms with Crippen LogP contribution in [0.25, 0.3) is 0 Å². The van der Waals surface area contributed by atoms with Crippen molar-refractivity contribution in [2.24, 2.45) is 7.05 Å². The predicted molar refractivity (Wildman–Crippen MR) is 92.9 cm³/mol. The van der Waals surface area contributed by atoms with Gasteiger partial charge in [-0.05, 0) is 29.7 Å². The highest BCUT2D eigenvalue weighted by Crippen LogP contribution is 2.15. The molecule has 1 amide bonds. The van der Waals surface area contributed by atoms with Crippen molar-refractivity contribution >= 4 is 11.6 Å². The van der Waals surface area contributed by atoms with Crippen LogP contribution in [0.5, 0.6) is 0 Å². The van der Waals surface area contributed by atoms with E-state index < -0.39 is 0 Å². The average Bonchev–Trinajstić information content (AvgIpc) is 2.56. The second-order valence-corrected chi connectivity index (χ2v) is 6.14. The zero-order chi connectivity index (χ0) is 17.1. The molecule has 0 spiro atoms. The van der Waals surface area contributed by atoms with Crippen LogP contribution in [0.1, 0.15) is 23.7 Å². The van der Waals surface area contributed by atoms with E-state index in [-0.39, 0.29) is 11.5 Å². The number of anilines is 1. The molecule has 0 fully saturated rings. The Morgan fingerprint density at radius 3 is 2.96 bits per heavy atom. The van der Waals surface area contributed by atoms with Crippen molar-refractivity contribution in [3.8, 4) is 0 Å². The molecule has 0 saturated carbocycles. The molecule has 2 heterocycles. The van der Waals surface area contributed by atoms with Crippen LogP contribution >= 0.6 is 0 Å². The Hall–Kier alpha value is -2.47. The van der Waals surface area contributed by atoms with E-state index >= 15 is 0 Å². The van der Waals surface area contributed by atoms with Gasteiger partial charge < -0.3 is 5.32 Å². The second kappa shape index (κ2) is 6.97. The number of rotatable bonds is 4. The maximum absolute atomic E-state index is 12.3. The van der Waals surface area contributed by atoms with Crippen molar-refractivity contribution in [2.45, 2.75) is 26.3 Å². The fraction of sp³-hybridized carbons (Fsp3) is 0.389. The van der Waals surface area contributed by atoms with Crippen LogP contribution in [0.4, 0.5) is 5.69 Å². The summed E-state index contributed by atoms with van der Waals surface area (Å²) in [7, 11) is 1.66. The highest BCUT2D eigenvalue weighted by atomic mass is 16.2. The summed E-state index contributed by atoms with van der Waals surface area (Å²) < 4.78 is 1.36. The number of carbonyl (C=O) groups excluding carboxylic acids is 1. The van der Waals surface area contributed by atoms with Crippen molar-refractivity contribution in [3.63, 3.8) is 0 Å². The molecule has 1 N–H and O–H groups in total. The highest BCUT2D eigenvalue weighted by Gasteiger charge is 2.20. The minimum absolute atomic E-state index is 0.0384. The molecule has 0 unspecified atom stereocenters. The molecule has 126 valence electrons. The zero-order valence-corrected chi connectivity index (χ0v) is 14.1. The Bertz CT molecular complexity index is 813. The molecule has 0 saturated heterocycles. The number of carbonyl (C=O) groups is 1. The minimum atomic E-state index is -0.114. The number of benzene rings is 1. The Balaban J connectivity index is 1.63. The quantitative estimate of drug-likeness (QED) is 0.921. The molecule has 0 atom stereocenters. The first-order chi connectivity index (χ1) is 11.5. The molecule has 0 bridgehead atoms. The van der Waals surface area contributed by atoms with Crippen molar-refractivity contribution < 1.29 is 4.79 Å². The van der Waals surface area contributed by atoms with Gasteiger partial charge in [-0.3, -0.25) is 14.5 Å². The summed E-state index contributed by atoms with van der Waals surface area (Å²) in [5.41, 5.74) is 3.78. The van der Waals surface area contributed by atoms with Crippen molar-refractivity contribution in [2.75, 3.05) is 18.4 Å². The summed E-state index contributed by atoms with van der Waals surface area (Å²) in [6.07, 6.45) is 1.69. The first-order valence-electron chi connectivity index (χ1n) is 8.22. The second-order valence-electron chi connectivity index (χ2n) is 6.14. The molecule has 3 rings (SSSR count). The van der Waals surface area contributed by atoms with Crippen LogP contribution in [0.3, 0.4) is 0 Å². The normalized spacial score (nSPS) is 14.2. The molecule has 6 heteroatoms. The van der Waals surface area contributed by atoms with Gasteiger partial charge in [0.25, 0.3) is 5.56 Å². The van der Waals surface area contributed by atoms with Crippen LogP contribution in [0.2, 0.25) is 0 Å². The average molecular weight is 326 g/mol. The van der Waals surface area contributed by atoms with Crippen molar-refractivity contribution in [3.05, 3.63) is 57.5 Å². The van der Waals surface area contributed by atoms with E-state index in [0.717, 1.165) is 36.3 Å². The van der Waals surface area contributed by atoms with Gasteiger partial charge in [0.05, 0.1) is 12.2 Å². The maximum atomic E-state index is 12.3. The van der Waals surface area contributed by atoms with Gasteiger partial charge in [0.2, 0.25) is 5.91 Å². The Morgan fingerprint density at radius 2 is 2.17 bits per heavy atom. The molecule has 0 radical (unpaired) electrons. The molecule has 1 aromatic heterocycles. The van der Waals surface area contributed by atoms with Crippen molar-refractivity contribution in [1.29, 1.82) is 0 Å². The zero-order valence-electron chi connectivity index (χ0n) is 14.1. The molecule has 2 aromatic rings. The summed E-state index contributed by atoms with van der Waals surface area (Å²) in [5, 5.41) is 7.24. The fourth-order valence-corrected chi connectivity index (χ4v) is 2.96. The van der Waals surface area contributed by atoms with E-state index in [1.807, 2.05) is 29.2 Å². The van der Waals surface area contributed by atoms with Gasteiger partial charge in [-0.1, -0.05) is 19.1 Å². The SMILES string of the molecule is CCc1cccc(NC(=O)CN2CCc3nn(C)c(=O)cc3C2)c1. The maximum Gasteiger partial charge on any atom is 0.266 e. The third-order valence-electron chi connectivity index (χ3n) is 4.30. The van der Waals surface area contributed by atoms with Crippen LogP contribution in [0.15, 0.2) is 35.1 Å². The van der Waals surface area contributed by atoms with E-state index in [1.54, 1.807) is 13.1 Å². The van der Waals surface area contributed by atoms with E-state index in [1.165, 1.54) is 10.2 Å². The van der Waals surface area contributed by atoms with Crippen LogP contribution in [0, 0.1) is 0 Å². The van der Waals surface area contributed by atoms with Crippen LogP contribution in [-0.4, -0.2) is 33.7 Å². The van der Waals surface area contributed by atoms with Gasteiger partial charge in [0.15, 0.2) is 0 Å². The number of nitrogens with zero attached hydrogens (tertiary/aromatic N) is 3. The number of amides is 1. The fourth-order valence-electron chi connectivity index (χ4n) is 2.96. The minimum Gasteiger partial charge on any atom is -0.325 e. The molecule has 0 aliphatic carbocycles. The number of hydrogen-bond donors (Lipinski definition) is 1. The standard InChI is InChI=1S/C18H22N4O2/c1-3-13-5-4-6-15(9-13)19-17(23)12-22-8-7-16-14(11-22)10-18(24)21(2)20-16/h4-6,9-10H,3,7-8,11-12H2,1-2H3,(H,19,23). The van der Waals surface area contributed by atoms with Gasteiger partial charge in [-0.15, -0.1) is 0 Å². The third-order valence-corrected chi connectivity index (χ3v) is 4.30. The first kappa shape index (κ1) is 16.4. The summed E-state index contributed by atoms with van der Waals surface area (Å²) in [6, 6.07) is 9.52. The number of fused-ring (bicyclic) bond motifs is 1. The van der Waals surface area contributed by atoms with Gasteiger partial charge in [0, 0.05) is 38.3 Å². The highest BCUT2D eigenvalue weighted by molar-refractivity contribution is 5.92. The smallest absolute Gasteiger partial charge is 0.266 e. The molecule has 1 aromatic carbocycles. The molecular formula is C18H22N4O2. The molecule has 24 heavy (non-hydrogen) atoms. The monoisotopic (exact) mass is 326 g/mol. The lowest BCUT2D eigenvalue weighted by Gasteiger charge is -2.27. The van der Waals surface area contributed by atoms with Gasteiger partial charge in [-0.2, -0.15) is 5.10 Å². The summed E-state index contributed by atoms with van der Waals surface area (Å²) in [6.45, 7) is 3.75. The van der Waals surface area contributed by atoms with Crippen LogP contribution < -0.4 is 10.9 Å². The van der Waals surface area contributed by atoms with E-state index in [0.29, 0.717) is 13.1 Å². The summed E-state index contributed by atoms with van der Waals surface area (Å²) >= 11 is 0. The Kier molecular flexibility index (Phi) is 4.76. The Morgan fingerprint density at radius 1 is 1.33 bits per heavy atom. The predicted octanol–water partition coefficient (Wildman–Crippen LogP) is 1.34. The van der Waals surface area contributed by atoms with Gasteiger partial charge in [-0.25, -0.2) is 4.68 Å². The number of aromatic nitrogens is 2. The van der Waals surface area contributed by atoms with Crippen molar-refractivity contribution in [1.82, 2.24) is 14.7 Å². The third kappa shape index (κ3) is 3.71. The van der Waals surface area contributed by atoms with Gasteiger partial charge >= 0.3 is 0 Å². The number of nitrogens with one attached hydrogen (secondary N) is 1. The molecule has 1 aliphatic rings. The largest absolute Gasteiger partial charge is 0.325 e. The van der Waals surface area contributed by atoms with E-state index in [9.17, 15) is 9.59 Å². The summed E-state index contributed by atoms with van der Waals surface area (Å²) in [5.74, 6) is -0.0384.